The van der Waals surface area contributed by atoms with Crippen LogP contribution in [0.25, 0.3) is 0 Å². The summed E-state index contributed by atoms with van der Waals surface area (Å²) in [5.74, 6) is 0.741. The second-order valence-electron chi connectivity index (χ2n) is 3.83. The summed E-state index contributed by atoms with van der Waals surface area (Å²) in [5.41, 5.74) is 0. The zero-order valence-corrected chi connectivity index (χ0v) is 10.7. The quantitative estimate of drug-likeness (QED) is 0.764. The van der Waals surface area contributed by atoms with E-state index in [9.17, 15) is 5.11 Å². The van der Waals surface area contributed by atoms with Crippen molar-refractivity contribution in [1.29, 1.82) is 0 Å². The van der Waals surface area contributed by atoms with Crippen LogP contribution in [0.1, 0.15) is 13.8 Å². The number of aliphatic hydroxyl groups excluding tert-OH is 1. The van der Waals surface area contributed by atoms with Gasteiger partial charge in [0.05, 0.1) is 7.11 Å². The fourth-order valence-corrected chi connectivity index (χ4v) is 1.75. The molecule has 1 atom stereocenters. The van der Waals surface area contributed by atoms with Crippen LogP contribution in [0.3, 0.4) is 0 Å². The van der Waals surface area contributed by atoms with Crippen LogP contribution < -0.4 is 14.8 Å². The van der Waals surface area contributed by atoms with E-state index in [0.717, 1.165) is 10.8 Å². The molecule has 4 nitrogen and oxygen atoms in total. The largest absolute Gasteiger partial charge is 0.490 e. The van der Waals surface area contributed by atoms with Crippen molar-refractivity contribution < 1.29 is 14.6 Å². The summed E-state index contributed by atoms with van der Waals surface area (Å²) in [6.45, 7) is 4.91. The monoisotopic (exact) mass is 245 g/mol. The van der Waals surface area contributed by atoms with Crippen molar-refractivity contribution in [2.45, 2.75) is 26.0 Å². The molecule has 1 aromatic rings. The van der Waals surface area contributed by atoms with Crippen molar-refractivity contribution in [3.05, 3.63) is 11.4 Å². The van der Waals surface area contributed by atoms with E-state index >= 15 is 0 Å². The third-order valence-electron chi connectivity index (χ3n) is 1.96. The molecule has 92 valence electrons. The third-order valence-corrected chi connectivity index (χ3v) is 2.82. The summed E-state index contributed by atoms with van der Waals surface area (Å²) in [5, 5.41) is 15.4. The molecule has 1 unspecified atom stereocenters. The number of thiophene rings is 1. The normalized spacial score (nSPS) is 12.8. The highest BCUT2D eigenvalue weighted by Gasteiger charge is 2.07. The molecule has 0 aliphatic heterocycles. The van der Waals surface area contributed by atoms with Gasteiger partial charge < -0.3 is 19.9 Å². The van der Waals surface area contributed by atoms with Crippen LogP contribution in [0.15, 0.2) is 11.4 Å². The fraction of sp³-hybridized carbons (Fsp3) is 0.636. The maximum atomic E-state index is 9.61. The van der Waals surface area contributed by atoms with Crippen molar-refractivity contribution in [2.24, 2.45) is 0 Å². The van der Waals surface area contributed by atoms with Gasteiger partial charge in [0, 0.05) is 24.0 Å². The van der Waals surface area contributed by atoms with Gasteiger partial charge in [-0.1, -0.05) is 13.8 Å². The van der Waals surface area contributed by atoms with Crippen LogP contribution in [0.5, 0.6) is 10.8 Å². The molecule has 0 amide bonds. The predicted octanol–water partition coefficient (Wildman–Crippen LogP) is 1.49. The van der Waals surface area contributed by atoms with Crippen LogP contribution in [-0.2, 0) is 0 Å². The average Bonchev–Trinajstić information content (AvgIpc) is 2.71. The summed E-state index contributed by atoms with van der Waals surface area (Å²) < 4.78 is 10.5. The minimum Gasteiger partial charge on any atom is -0.490 e. The van der Waals surface area contributed by atoms with E-state index in [0.29, 0.717) is 19.2 Å². The van der Waals surface area contributed by atoms with Gasteiger partial charge in [-0.25, -0.2) is 0 Å². The summed E-state index contributed by atoms with van der Waals surface area (Å²) in [6, 6.07) is 2.18. The maximum Gasteiger partial charge on any atom is 0.177 e. The molecule has 0 saturated carbocycles. The lowest BCUT2D eigenvalue weighted by atomic mass is 10.3. The van der Waals surface area contributed by atoms with Gasteiger partial charge in [-0.2, -0.15) is 0 Å². The zero-order chi connectivity index (χ0) is 12.0. The van der Waals surface area contributed by atoms with Crippen LogP contribution in [0.2, 0.25) is 0 Å². The van der Waals surface area contributed by atoms with E-state index in [1.165, 1.54) is 11.3 Å². The molecule has 2 N–H and O–H groups in total. The summed E-state index contributed by atoms with van der Waals surface area (Å²) in [6.07, 6.45) is -0.492. The SMILES string of the molecule is COc1cc(OCC(O)CNC(C)C)cs1. The Balaban J connectivity index is 2.23. The number of nitrogens with one attached hydrogen (secondary N) is 1. The Labute approximate surface area is 100 Å². The number of hydrogen-bond acceptors (Lipinski definition) is 5. The molecular weight excluding hydrogens is 226 g/mol. The number of aliphatic hydroxyl groups is 1. The molecule has 0 aromatic carbocycles. The topological polar surface area (TPSA) is 50.7 Å². The second kappa shape index (κ2) is 6.73. The molecule has 0 spiro atoms. The Hall–Kier alpha value is -0.780. The molecular formula is C11H19NO3S. The van der Waals surface area contributed by atoms with Crippen molar-refractivity contribution >= 4 is 11.3 Å². The fourth-order valence-electron chi connectivity index (χ4n) is 1.11. The smallest absolute Gasteiger partial charge is 0.177 e. The van der Waals surface area contributed by atoms with E-state index in [-0.39, 0.29) is 0 Å². The molecule has 5 heteroatoms. The van der Waals surface area contributed by atoms with Crippen molar-refractivity contribution in [1.82, 2.24) is 5.32 Å². The summed E-state index contributed by atoms with van der Waals surface area (Å²) in [7, 11) is 1.62. The Morgan fingerprint density at radius 1 is 1.50 bits per heavy atom. The zero-order valence-electron chi connectivity index (χ0n) is 9.90. The Morgan fingerprint density at radius 2 is 2.25 bits per heavy atom. The first-order valence-electron chi connectivity index (χ1n) is 5.28. The molecule has 0 saturated heterocycles. The van der Waals surface area contributed by atoms with E-state index in [4.69, 9.17) is 9.47 Å². The lowest BCUT2D eigenvalue weighted by Crippen LogP contribution is -2.35. The van der Waals surface area contributed by atoms with E-state index in [2.05, 4.69) is 5.32 Å². The van der Waals surface area contributed by atoms with Gasteiger partial charge in [-0.15, -0.1) is 11.3 Å². The van der Waals surface area contributed by atoms with E-state index in [1.54, 1.807) is 7.11 Å². The standard InChI is InChI=1S/C11H19NO3S/c1-8(2)12-5-9(13)6-15-10-4-11(14-3)16-7-10/h4,7-9,12-13H,5-6H2,1-3H3. The lowest BCUT2D eigenvalue weighted by Gasteiger charge is -2.14. The van der Waals surface area contributed by atoms with Gasteiger partial charge in [0.1, 0.15) is 18.5 Å². The minimum absolute atomic E-state index is 0.291. The van der Waals surface area contributed by atoms with Crippen molar-refractivity contribution in [2.75, 3.05) is 20.3 Å². The second-order valence-corrected chi connectivity index (χ2v) is 4.71. The molecule has 0 fully saturated rings. The van der Waals surface area contributed by atoms with Crippen molar-refractivity contribution in [3.63, 3.8) is 0 Å². The van der Waals surface area contributed by atoms with E-state index in [1.807, 2.05) is 25.3 Å². The van der Waals surface area contributed by atoms with Gasteiger partial charge in [0.15, 0.2) is 5.06 Å². The van der Waals surface area contributed by atoms with Gasteiger partial charge >= 0.3 is 0 Å². The maximum absolute atomic E-state index is 9.61. The van der Waals surface area contributed by atoms with Gasteiger partial charge in [-0.3, -0.25) is 0 Å². The first kappa shape index (κ1) is 13.3. The Bertz CT molecular complexity index is 301. The van der Waals surface area contributed by atoms with Crippen LogP contribution >= 0.6 is 11.3 Å². The number of hydrogen-bond donors (Lipinski definition) is 2. The van der Waals surface area contributed by atoms with Gasteiger partial charge in [-0.05, 0) is 0 Å². The number of rotatable bonds is 7. The molecule has 1 rings (SSSR count). The van der Waals surface area contributed by atoms with E-state index < -0.39 is 6.10 Å². The summed E-state index contributed by atoms with van der Waals surface area (Å²) in [4.78, 5) is 0. The Kier molecular flexibility index (Phi) is 5.59. The van der Waals surface area contributed by atoms with Gasteiger partial charge in [0.2, 0.25) is 0 Å². The predicted molar refractivity (Wildman–Crippen MR) is 65.5 cm³/mol. The highest BCUT2D eigenvalue weighted by Crippen LogP contribution is 2.27. The van der Waals surface area contributed by atoms with Crippen LogP contribution in [0, 0.1) is 0 Å². The van der Waals surface area contributed by atoms with Crippen LogP contribution in [0.4, 0.5) is 0 Å². The highest BCUT2D eigenvalue weighted by atomic mass is 32.1. The minimum atomic E-state index is -0.492. The summed E-state index contributed by atoms with van der Waals surface area (Å²) >= 11 is 1.47. The van der Waals surface area contributed by atoms with Crippen molar-refractivity contribution in [3.8, 4) is 10.8 Å². The first-order chi connectivity index (χ1) is 7.61. The molecule has 0 bridgehead atoms. The Morgan fingerprint density at radius 3 is 2.81 bits per heavy atom. The molecule has 0 aliphatic carbocycles. The third kappa shape index (κ3) is 4.83. The molecule has 1 heterocycles. The lowest BCUT2D eigenvalue weighted by molar-refractivity contribution is 0.105. The molecule has 0 radical (unpaired) electrons. The first-order valence-corrected chi connectivity index (χ1v) is 6.16. The number of methoxy groups -OCH3 is 1. The molecule has 0 aliphatic rings. The molecule has 16 heavy (non-hydrogen) atoms. The van der Waals surface area contributed by atoms with Gasteiger partial charge in [0.25, 0.3) is 0 Å². The highest BCUT2D eigenvalue weighted by molar-refractivity contribution is 7.12. The van der Waals surface area contributed by atoms with Crippen LogP contribution in [-0.4, -0.2) is 37.5 Å². The molecule has 1 aromatic heterocycles. The average molecular weight is 245 g/mol. The number of ether oxygens (including phenoxy) is 2.